The Balaban J connectivity index is 1.76. The summed E-state index contributed by atoms with van der Waals surface area (Å²) in [6.07, 6.45) is 0. The number of benzene rings is 2. The number of hydrogen-bond donors (Lipinski definition) is 0. The molecule has 2 aromatic carbocycles. The third-order valence-electron chi connectivity index (χ3n) is 2.64. The molecule has 2 rings (SSSR count). The van der Waals surface area contributed by atoms with Crippen molar-refractivity contribution in [3.8, 4) is 23.7 Å². The van der Waals surface area contributed by atoms with Crippen molar-refractivity contribution in [2.45, 2.75) is 9.79 Å². The van der Waals surface area contributed by atoms with Crippen LogP contribution in [0.1, 0.15) is 0 Å². The van der Waals surface area contributed by atoms with Gasteiger partial charge in [0.15, 0.2) is 0 Å². The van der Waals surface area contributed by atoms with Crippen molar-refractivity contribution in [2.75, 3.05) is 11.5 Å². The predicted molar refractivity (Wildman–Crippen MR) is 100 cm³/mol. The minimum atomic E-state index is -1.15. The lowest BCUT2D eigenvalue weighted by atomic mass is 10.4. The highest BCUT2D eigenvalue weighted by Gasteiger charge is 2.00. The van der Waals surface area contributed by atoms with E-state index in [0.717, 1.165) is 14.8 Å². The molecule has 0 aliphatic carbocycles. The fourth-order valence-corrected chi connectivity index (χ4v) is 3.25. The van der Waals surface area contributed by atoms with Crippen LogP contribution in [0.4, 0.5) is 0 Å². The van der Waals surface area contributed by atoms with Gasteiger partial charge in [-0.1, -0.05) is 35.0 Å². The van der Waals surface area contributed by atoms with Crippen LogP contribution in [-0.2, 0) is 10.8 Å². The molecule has 0 N–H and O–H groups in total. The van der Waals surface area contributed by atoms with Crippen LogP contribution in [0.15, 0.2) is 58.3 Å². The maximum atomic E-state index is 12.0. The SMILES string of the molecule is O=S(CC#CC#CCSc1ccc(Cl)cc1)c1ccc(Cl)cc1. The molecular weight excluding hydrogens is 367 g/mol. The van der Waals surface area contributed by atoms with Crippen LogP contribution in [0.25, 0.3) is 0 Å². The summed E-state index contributed by atoms with van der Waals surface area (Å²) in [4.78, 5) is 1.83. The molecule has 0 fully saturated rings. The summed E-state index contributed by atoms with van der Waals surface area (Å²) >= 11 is 13.2. The van der Waals surface area contributed by atoms with Crippen molar-refractivity contribution in [3.63, 3.8) is 0 Å². The molecule has 0 saturated carbocycles. The molecule has 0 aromatic heterocycles. The second-order valence-corrected chi connectivity index (χ2v) is 7.66. The number of halogens is 2. The van der Waals surface area contributed by atoms with Crippen molar-refractivity contribution in [2.24, 2.45) is 0 Å². The first-order valence-corrected chi connectivity index (χ1v) is 9.69. The second-order valence-electron chi connectivity index (χ2n) is 4.29. The quantitative estimate of drug-likeness (QED) is 0.555. The molecule has 0 amide bonds. The summed E-state index contributed by atoms with van der Waals surface area (Å²) in [6.45, 7) is 0. The molecule has 116 valence electrons. The number of rotatable bonds is 4. The van der Waals surface area contributed by atoms with Crippen LogP contribution in [0.3, 0.4) is 0 Å². The standard InChI is InChI=1S/C18H12Cl2OS2/c19-15-5-9-17(10-6-15)22-13-3-1-2-4-14-23(21)18-11-7-16(20)8-12-18/h5-12H,13-14H2. The van der Waals surface area contributed by atoms with Crippen LogP contribution < -0.4 is 0 Å². The van der Waals surface area contributed by atoms with Gasteiger partial charge in [-0.05, 0) is 60.4 Å². The smallest absolute Gasteiger partial charge is 0.0904 e. The Kier molecular flexibility index (Phi) is 7.59. The molecule has 1 unspecified atom stereocenters. The maximum absolute atomic E-state index is 12.0. The van der Waals surface area contributed by atoms with E-state index < -0.39 is 10.8 Å². The summed E-state index contributed by atoms with van der Waals surface area (Å²) in [5.41, 5.74) is 0. The van der Waals surface area contributed by atoms with Gasteiger partial charge in [0.05, 0.1) is 22.3 Å². The van der Waals surface area contributed by atoms with Gasteiger partial charge in [0.2, 0.25) is 0 Å². The van der Waals surface area contributed by atoms with Crippen molar-refractivity contribution in [1.29, 1.82) is 0 Å². The van der Waals surface area contributed by atoms with Gasteiger partial charge < -0.3 is 0 Å². The van der Waals surface area contributed by atoms with Crippen LogP contribution in [-0.4, -0.2) is 15.7 Å². The van der Waals surface area contributed by atoms with Crippen LogP contribution in [0, 0.1) is 23.7 Å². The highest BCUT2D eigenvalue weighted by atomic mass is 35.5. The fraction of sp³-hybridized carbons (Fsp3) is 0.111. The van der Waals surface area contributed by atoms with Gasteiger partial charge in [0.1, 0.15) is 0 Å². The molecular formula is C18H12Cl2OS2. The minimum absolute atomic E-state index is 0.265. The average Bonchev–Trinajstić information content (AvgIpc) is 2.56. The molecule has 5 heteroatoms. The Hall–Kier alpha value is -1.36. The Morgan fingerprint density at radius 2 is 1.43 bits per heavy atom. The third-order valence-corrected chi connectivity index (χ3v) is 5.25. The summed E-state index contributed by atoms with van der Waals surface area (Å²) in [5, 5.41) is 1.35. The van der Waals surface area contributed by atoms with Crippen molar-refractivity contribution in [1.82, 2.24) is 0 Å². The Labute approximate surface area is 153 Å². The van der Waals surface area contributed by atoms with E-state index in [0.29, 0.717) is 10.8 Å². The molecule has 0 spiro atoms. The van der Waals surface area contributed by atoms with Gasteiger partial charge in [0.25, 0.3) is 0 Å². The van der Waals surface area contributed by atoms with E-state index in [4.69, 9.17) is 23.2 Å². The number of thioether (sulfide) groups is 1. The molecule has 1 atom stereocenters. The lowest BCUT2D eigenvalue weighted by Crippen LogP contribution is -1.94. The average molecular weight is 379 g/mol. The van der Waals surface area contributed by atoms with E-state index in [-0.39, 0.29) is 5.75 Å². The lowest BCUT2D eigenvalue weighted by Gasteiger charge is -1.97. The molecule has 2 aromatic rings. The highest BCUT2D eigenvalue weighted by molar-refractivity contribution is 7.99. The Bertz CT molecular complexity index is 791. The van der Waals surface area contributed by atoms with Gasteiger partial charge >= 0.3 is 0 Å². The van der Waals surface area contributed by atoms with E-state index in [9.17, 15) is 4.21 Å². The Morgan fingerprint density at radius 1 is 0.870 bits per heavy atom. The zero-order valence-electron chi connectivity index (χ0n) is 12.0. The van der Waals surface area contributed by atoms with Gasteiger partial charge in [-0.3, -0.25) is 4.21 Å². The zero-order valence-corrected chi connectivity index (χ0v) is 15.2. The first-order chi connectivity index (χ1) is 11.1. The predicted octanol–water partition coefficient (Wildman–Crippen LogP) is 4.90. The minimum Gasteiger partial charge on any atom is -0.253 e. The van der Waals surface area contributed by atoms with Gasteiger partial charge in [-0.25, -0.2) is 0 Å². The molecule has 0 aliphatic heterocycles. The first kappa shape index (κ1) is 18.0. The van der Waals surface area contributed by atoms with E-state index >= 15 is 0 Å². The summed E-state index contributed by atoms with van der Waals surface area (Å²) in [7, 11) is -1.15. The molecule has 0 heterocycles. The molecule has 0 aliphatic rings. The molecule has 1 nitrogen and oxygen atoms in total. The number of hydrogen-bond acceptors (Lipinski definition) is 2. The van der Waals surface area contributed by atoms with Gasteiger partial charge in [-0.2, -0.15) is 0 Å². The van der Waals surface area contributed by atoms with Gasteiger partial charge in [-0.15, -0.1) is 11.8 Å². The molecule has 0 bridgehead atoms. The van der Waals surface area contributed by atoms with E-state index in [1.54, 1.807) is 36.0 Å². The maximum Gasteiger partial charge on any atom is 0.0904 e. The molecule has 23 heavy (non-hydrogen) atoms. The van der Waals surface area contributed by atoms with Crippen molar-refractivity contribution >= 4 is 45.8 Å². The van der Waals surface area contributed by atoms with Crippen LogP contribution in [0.5, 0.6) is 0 Å². The summed E-state index contributed by atoms with van der Waals surface area (Å²) < 4.78 is 12.0. The zero-order chi connectivity index (χ0) is 16.5. The van der Waals surface area contributed by atoms with Crippen LogP contribution in [0.2, 0.25) is 10.0 Å². The summed E-state index contributed by atoms with van der Waals surface area (Å²) in [6, 6.07) is 14.5. The van der Waals surface area contributed by atoms with E-state index in [1.165, 1.54) is 0 Å². The largest absolute Gasteiger partial charge is 0.253 e. The Morgan fingerprint density at radius 3 is 2.09 bits per heavy atom. The normalized spacial score (nSPS) is 10.9. The fourth-order valence-electron chi connectivity index (χ4n) is 1.55. The molecule has 0 saturated heterocycles. The van der Waals surface area contributed by atoms with E-state index in [1.807, 2.05) is 24.3 Å². The van der Waals surface area contributed by atoms with E-state index in [2.05, 4.69) is 23.7 Å². The first-order valence-electron chi connectivity index (χ1n) is 6.63. The second kappa shape index (κ2) is 9.71. The van der Waals surface area contributed by atoms with Gasteiger partial charge in [0, 0.05) is 19.8 Å². The van der Waals surface area contributed by atoms with Crippen molar-refractivity contribution in [3.05, 3.63) is 58.6 Å². The topological polar surface area (TPSA) is 17.1 Å². The van der Waals surface area contributed by atoms with Crippen LogP contribution >= 0.6 is 35.0 Å². The highest BCUT2D eigenvalue weighted by Crippen LogP contribution is 2.19. The third kappa shape index (κ3) is 6.73. The van der Waals surface area contributed by atoms with Crippen molar-refractivity contribution < 1.29 is 4.21 Å². The monoisotopic (exact) mass is 378 g/mol. The lowest BCUT2D eigenvalue weighted by molar-refractivity contribution is 0.685. The summed E-state index contributed by atoms with van der Waals surface area (Å²) in [5.74, 6) is 12.2. The molecule has 0 radical (unpaired) electrons.